The first-order valence-electron chi connectivity index (χ1n) is 8.06. The molecule has 0 saturated heterocycles. The lowest BCUT2D eigenvalue weighted by atomic mass is 10.2. The van der Waals surface area contributed by atoms with Crippen molar-refractivity contribution in [3.63, 3.8) is 0 Å². The van der Waals surface area contributed by atoms with Crippen molar-refractivity contribution in [1.29, 1.82) is 0 Å². The number of hydrogen-bond acceptors (Lipinski definition) is 2. The Labute approximate surface area is 160 Å². The van der Waals surface area contributed by atoms with E-state index in [2.05, 4.69) is 29.5 Å². The quantitative estimate of drug-likeness (QED) is 0.259. The highest BCUT2D eigenvalue weighted by Crippen LogP contribution is 2.10. The summed E-state index contributed by atoms with van der Waals surface area (Å²) in [6, 6.07) is 3.39. The third-order valence-corrected chi connectivity index (χ3v) is 2.97. The molecule has 4 nitrogen and oxygen atoms in total. The molecule has 0 spiro atoms. The number of rotatable bonds is 9. The van der Waals surface area contributed by atoms with Gasteiger partial charge in [0.15, 0.2) is 5.96 Å². The molecule has 2 N–H and O–H groups in total. The molecule has 24 heavy (non-hydrogen) atoms. The van der Waals surface area contributed by atoms with Crippen molar-refractivity contribution in [2.75, 3.05) is 26.3 Å². The van der Waals surface area contributed by atoms with Crippen LogP contribution in [-0.4, -0.2) is 32.3 Å². The molecule has 0 aliphatic carbocycles. The fourth-order valence-electron chi connectivity index (χ4n) is 1.87. The Kier molecular flexibility index (Phi) is 12.8. The smallest absolute Gasteiger partial charge is 0.191 e. The minimum Gasteiger partial charge on any atom is -0.381 e. The van der Waals surface area contributed by atoms with Crippen LogP contribution in [0.2, 0.25) is 0 Å². The lowest BCUT2D eigenvalue weighted by molar-refractivity contribution is 0.108. The van der Waals surface area contributed by atoms with Crippen molar-refractivity contribution < 1.29 is 13.5 Å². The van der Waals surface area contributed by atoms with Crippen molar-refractivity contribution in [1.82, 2.24) is 10.6 Å². The van der Waals surface area contributed by atoms with E-state index in [1.807, 2.05) is 6.92 Å². The molecule has 7 heteroatoms. The average molecular weight is 455 g/mol. The summed E-state index contributed by atoms with van der Waals surface area (Å²) in [5.74, 6) is 0.202. The van der Waals surface area contributed by atoms with Crippen LogP contribution >= 0.6 is 24.0 Å². The van der Waals surface area contributed by atoms with Crippen LogP contribution in [0.4, 0.5) is 8.78 Å². The van der Waals surface area contributed by atoms with Crippen molar-refractivity contribution in [2.45, 2.75) is 33.7 Å². The van der Waals surface area contributed by atoms with Gasteiger partial charge in [0, 0.05) is 31.9 Å². The monoisotopic (exact) mass is 455 g/mol. The van der Waals surface area contributed by atoms with E-state index in [1.165, 1.54) is 6.07 Å². The average Bonchev–Trinajstić information content (AvgIpc) is 2.50. The molecule has 0 fully saturated rings. The number of nitrogens with zero attached hydrogens (tertiary/aromatic N) is 1. The molecule has 0 atom stereocenters. The molecule has 0 heterocycles. The van der Waals surface area contributed by atoms with Crippen LogP contribution in [0, 0.1) is 17.6 Å². The Hall–Kier alpha value is -0.960. The molecule has 0 aromatic heterocycles. The standard InChI is InChI=1S/C17H27F2N3O.HI/c1-4-20-17(21-8-5-9-23-12-13(2)3)22-11-14-10-15(18)6-7-16(14)19;/h6-7,10,13H,4-5,8-9,11-12H2,1-3H3,(H2,20,21,22);1H. The van der Waals surface area contributed by atoms with E-state index >= 15 is 0 Å². The molecule has 0 radical (unpaired) electrons. The lowest BCUT2D eigenvalue weighted by Crippen LogP contribution is -2.38. The van der Waals surface area contributed by atoms with Gasteiger partial charge >= 0.3 is 0 Å². The Morgan fingerprint density at radius 3 is 2.67 bits per heavy atom. The highest BCUT2D eigenvalue weighted by molar-refractivity contribution is 14.0. The second-order valence-electron chi connectivity index (χ2n) is 5.68. The van der Waals surface area contributed by atoms with E-state index in [4.69, 9.17) is 4.74 Å². The molecule has 0 aliphatic heterocycles. The third kappa shape index (κ3) is 10.0. The first kappa shape index (κ1) is 23.0. The Morgan fingerprint density at radius 2 is 2.00 bits per heavy atom. The zero-order chi connectivity index (χ0) is 17.1. The molecule has 0 unspecified atom stereocenters. The van der Waals surface area contributed by atoms with Crippen molar-refractivity contribution in [2.24, 2.45) is 10.9 Å². The van der Waals surface area contributed by atoms with E-state index in [-0.39, 0.29) is 36.1 Å². The topological polar surface area (TPSA) is 45.7 Å². The summed E-state index contributed by atoms with van der Waals surface area (Å²) in [6.45, 7) is 9.10. The minimum atomic E-state index is -0.461. The summed E-state index contributed by atoms with van der Waals surface area (Å²) >= 11 is 0. The zero-order valence-corrected chi connectivity index (χ0v) is 16.9. The van der Waals surface area contributed by atoms with E-state index in [1.54, 1.807) is 0 Å². The summed E-state index contributed by atoms with van der Waals surface area (Å²) in [5.41, 5.74) is 0.238. The predicted octanol–water partition coefficient (Wildman–Crippen LogP) is 3.70. The Balaban J connectivity index is 0.00000529. The zero-order valence-electron chi connectivity index (χ0n) is 14.6. The Bertz CT molecular complexity index is 499. The number of benzene rings is 1. The highest BCUT2D eigenvalue weighted by Gasteiger charge is 2.04. The van der Waals surface area contributed by atoms with Gasteiger partial charge in [0.1, 0.15) is 11.6 Å². The number of guanidine groups is 1. The van der Waals surface area contributed by atoms with Gasteiger partial charge in [0.2, 0.25) is 0 Å². The van der Waals surface area contributed by atoms with Crippen LogP contribution in [0.3, 0.4) is 0 Å². The number of nitrogens with one attached hydrogen (secondary N) is 2. The van der Waals surface area contributed by atoms with Crippen molar-refractivity contribution in [3.05, 3.63) is 35.4 Å². The van der Waals surface area contributed by atoms with Crippen LogP contribution in [0.25, 0.3) is 0 Å². The van der Waals surface area contributed by atoms with Crippen LogP contribution in [0.1, 0.15) is 32.8 Å². The Morgan fingerprint density at radius 1 is 1.25 bits per heavy atom. The molecular formula is C17H28F2IN3O. The van der Waals surface area contributed by atoms with Crippen LogP contribution in [0.5, 0.6) is 0 Å². The van der Waals surface area contributed by atoms with E-state index in [0.29, 0.717) is 31.6 Å². The lowest BCUT2D eigenvalue weighted by Gasteiger charge is -2.12. The first-order valence-corrected chi connectivity index (χ1v) is 8.06. The summed E-state index contributed by atoms with van der Waals surface area (Å²) < 4.78 is 32.2. The number of ether oxygens (including phenoxy) is 1. The summed E-state index contributed by atoms with van der Waals surface area (Å²) in [4.78, 5) is 4.28. The van der Waals surface area contributed by atoms with Crippen molar-refractivity contribution >= 4 is 29.9 Å². The normalized spacial score (nSPS) is 11.3. The first-order chi connectivity index (χ1) is 11.0. The summed E-state index contributed by atoms with van der Waals surface area (Å²) in [6.07, 6.45) is 0.853. The molecule has 0 saturated carbocycles. The number of hydrogen-bond donors (Lipinski definition) is 2. The SMILES string of the molecule is CCNC(=NCc1cc(F)ccc1F)NCCCOCC(C)C.I. The second kappa shape index (κ2) is 13.3. The molecule has 1 aromatic carbocycles. The van der Waals surface area contributed by atoms with Crippen LogP contribution < -0.4 is 10.6 Å². The molecule has 1 rings (SSSR count). The van der Waals surface area contributed by atoms with Gasteiger partial charge in [0.05, 0.1) is 6.54 Å². The largest absolute Gasteiger partial charge is 0.381 e. The van der Waals surface area contributed by atoms with Gasteiger partial charge in [-0.3, -0.25) is 0 Å². The fourth-order valence-corrected chi connectivity index (χ4v) is 1.87. The maximum atomic E-state index is 13.6. The molecular weight excluding hydrogens is 427 g/mol. The number of halogens is 3. The van der Waals surface area contributed by atoms with Gasteiger partial charge in [-0.2, -0.15) is 0 Å². The van der Waals surface area contributed by atoms with Gasteiger partial charge in [-0.1, -0.05) is 13.8 Å². The van der Waals surface area contributed by atoms with E-state index < -0.39 is 11.6 Å². The van der Waals surface area contributed by atoms with Gasteiger partial charge < -0.3 is 15.4 Å². The fraction of sp³-hybridized carbons (Fsp3) is 0.588. The predicted molar refractivity (Wildman–Crippen MR) is 105 cm³/mol. The van der Waals surface area contributed by atoms with Gasteiger partial charge in [-0.05, 0) is 37.5 Å². The molecule has 138 valence electrons. The second-order valence-corrected chi connectivity index (χ2v) is 5.68. The van der Waals surface area contributed by atoms with E-state index in [9.17, 15) is 8.78 Å². The number of aliphatic imine (C=N–C) groups is 1. The summed E-state index contributed by atoms with van der Waals surface area (Å²) in [7, 11) is 0. The van der Waals surface area contributed by atoms with Crippen LogP contribution in [-0.2, 0) is 11.3 Å². The minimum absolute atomic E-state index is 0. The summed E-state index contributed by atoms with van der Waals surface area (Å²) in [5, 5.41) is 6.23. The molecule has 0 amide bonds. The van der Waals surface area contributed by atoms with Gasteiger partial charge in [-0.15, -0.1) is 24.0 Å². The van der Waals surface area contributed by atoms with Gasteiger partial charge in [-0.25, -0.2) is 13.8 Å². The van der Waals surface area contributed by atoms with Crippen molar-refractivity contribution in [3.8, 4) is 0 Å². The third-order valence-electron chi connectivity index (χ3n) is 2.97. The van der Waals surface area contributed by atoms with E-state index in [0.717, 1.165) is 25.2 Å². The maximum absolute atomic E-state index is 13.6. The molecule has 0 bridgehead atoms. The van der Waals surface area contributed by atoms with Gasteiger partial charge in [0.25, 0.3) is 0 Å². The maximum Gasteiger partial charge on any atom is 0.191 e. The molecule has 0 aliphatic rings. The highest BCUT2D eigenvalue weighted by atomic mass is 127. The molecule has 1 aromatic rings. The van der Waals surface area contributed by atoms with Crippen LogP contribution in [0.15, 0.2) is 23.2 Å².